The molecular formula is C16H16O3S. The van der Waals surface area contributed by atoms with E-state index in [1.807, 2.05) is 36.4 Å². The van der Waals surface area contributed by atoms with Crippen LogP contribution in [-0.4, -0.2) is 22.0 Å². The van der Waals surface area contributed by atoms with Crippen LogP contribution in [0.25, 0.3) is 0 Å². The van der Waals surface area contributed by atoms with Gasteiger partial charge in [-0.15, -0.1) is 0 Å². The lowest BCUT2D eigenvalue weighted by Gasteiger charge is -2.10. The summed E-state index contributed by atoms with van der Waals surface area (Å²) in [5.41, 5.74) is 1.52. The zero-order valence-corrected chi connectivity index (χ0v) is 12.1. The average Bonchev–Trinajstić information content (AvgIpc) is 2.46. The van der Waals surface area contributed by atoms with Crippen molar-refractivity contribution in [2.45, 2.75) is 6.61 Å². The van der Waals surface area contributed by atoms with Crippen molar-refractivity contribution in [2.24, 2.45) is 0 Å². The van der Waals surface area contributed by atoms with Gasteiger partial charge in [-0.3, -0.25) is 9.00 Å². The molecule has 0 saturated carbocycles. The summed E-state index contributed by atoms with van der Waals surface area (Å²) in [5.74, 6) is 0.396. The first-order valence-corrected chi connectivity index (χ1v) is 7.98. The number of hydrogen-bond acceptors (Lipinski definition) is 3. The Balaban J connectivity index is 2.12. The van der Waals surface area contributed by atoms with E-state index in [0.717, 1.165) is 5.56 Å². The predicted molar refractivity (Wildman–Crippen MR) is 80.5 cm³/mol. The fourth-order valence-electron chi connectivity index (χ4n) is 1.82. The minimum Gasteiger partial charge on any atom is -0.488 e. The van der Waals surface area contributed by atoms with E-state index in [1.165, 1.54) is 6.26 Å². The molecule has 4 heteroatoms. The van der Waals surface area contributed by atoms with Crippen LogP contribution < -0.4 is 4.74 Å². The van der Waals surface area contributed by atoms with Gasteiger partial charge in [0.05, 0.1) is 11.3 Å². The van der Waals surface area contributed by atoms with Crippen LogP contribution in [-0.2, 0) is 17.4 Å². The summed E-state index contributed by atoms with van der Waals surface area (Å²) in [6, 6.07) is 16.8. The second kappa shape index (κ2) is 7.01. The number of Topliss-reactive ketones (excluding diaryl/α,β-unsaturated/α-hetero) is 1. The van der Waals surface area contributed by atoms with Gasteiger partial charge in [0.2, 0.25) is 0 Å². The number of ether oxygens (including phenoxy) is 1. The quantitative estimate of drug-likeness (QED) is 0.768. The zero-order valence-electron chi connectivity index (χ0n) is 11.2. The van der Waals surface area contributed by atoms with E-state index in [9.17, 15) is 9.00 Å². The van der Waals surface area contributed by atoms with Gasteiger partial charge < -0.3 is 4.74 Å². The second-order valence-electron chi connectivity index (χ2n) is 4.41. The first-order chi connectivity index (χ1) is 9.66. The molecule has 2 aromatic rings. The Morgan fingerprint density at radius 3 is 2.40 bits per heavy atom. The van der Waals surface area contributed by atoms with Gasteiger partial charge in [-0.2, -0.15) is 0 Å². The molecule has 0 bridgehead atoms. The molecule has 20 heavy (non-hydrogen) atoms. The Bertz CT molecular complexity index is 608. The van der Waals surface area contributed by atoms with Crippen LogP contribution in [0, 0.1) is 0 Å². The summed E-state index contributed by atoms with van der Waals surface area (Å²) >= 11 is 0. The van der Waals surface area contributed by atoms with Crippen LogP contribution >= 0.6 is 0 Å². The van der Waals surface area contributed by atoms with E-state index in [-0.39, 0.29) is 11.5 Å². The van der Waals surface area contributed by atoms with Gasteiger partial charge in [-0.25, -0.2) is 0 Å². The highest BCUT2D eigenvalue weighted by molar-refractivity contribution is 7.85. The Morgan fingerprint density at radius 2 is 1.70 bits per heavy atom. The van der Waals surface area contributed by atoms with E-state index in [4.69, 9.17) is 4.74 Å². The van der Waals surface area contributed by atoms with Crippen molar-refractivity contribution < 1.29 is 13.7 Å². The normalized spacial score (nSPS) is 11.8. The summed E-state index contributed by atoms with van der Waals surface area (Å²) in [4.78, 5) is 12.0. The average molecular weight is 288 g/mol. The Morgan fingerprint density at radius 1 is 1.05 bits per heavy atom. The molecule has 3 nitrogen and oxygen atoms in total. The highest BCUT2D eigenvalue weighted by Gasteiger charge is 2.13. The van der Waals surface area contributed by atoms with Gasteiger partial charge in [0, 0.05) is 17.1 Å². The van der Waals surface area contributed by atoms with E-state index >= 15 is 0 Å². The van der Waals surface area contributed by atoms with Crippen molar-refractivity contribution >= 4 is 16.6 Å². The van der Waals surface area contributed by atoms with Gasteiger partial charge >= 0.3 is 0 Å². The largest absolute Gasteiger partial charge is 0.488 e. The molecule has 0 N–H and O–H groups in total. The van der Waals surface area contributed by atoms with Crippen molar-refractivity contribution in [3.63, 3.8) is 0 Å². The van der Waals surface area contributed by atoms with E-state index in [1.54, 1.807) is 18.2 Å². The molecule has 1 atom stereocenters. The smallest absolute Gasteiger partial charge is 0.179 e. The summed E-state index contributed by atoms with van der Waals surface area (Å²) in [6.07, 6.45) is 1.52. The fraction of sp³-hybridized carbons (Fsp3) is 0.188. The predicted octanol–water partition coefficient (Wildman–Crippen LogP) is 2.83. The third-order valence-corrected chi connectivity index (χ3v) is 3.43. The van der Waals surface area contributed by atoms with Crippen LogP contribution in [0.5, 0.6) is 5.75 Å². The SMILES string of the molecule is CS(=O)CC(=O)c1ccccc1OCc1ccccc1. The van der Waals surface area contributed by atoms with Crippen LogP contribution in [0.1, 0.15) is 15.9 Å². The first-order valence-electron chi connectivity index (χ1n) is 6.26. The standard InChI is InChI=1S/C16H16O3S/c1-20(18)12-15(17)14-9-5-6-10-16(14)19-11-13-7-3-2-4-8-13/h2-10H,11-12H2,1H3. The molecule has 0 fully saturated rings. The maximum Gasteiger partial charge on any atom is 0.179 e. The number of rotatable bonds is 6. The molecular weight excluding hydrogens is 272 g/mol. The summed E-state index contributed by atoms with van der Waals surface area (Å²) in [5, 5.41) is 0. The van der Waals surface area contributed by atoms with E-state index in [2.05, 4.69) is 0 Å². The molecule has 0 saturated heterocycles. The highest BCUT2D eigenvalue weighted by Crippen LogP contribution is 2.20. The lowest BCUT2D eigenvalue weighted by molar-refractivity contribution is 0.101. The summed E-state index contributed by atoms with van der Waals surface area (Å²) in [7, 11) is -1.15. The third kappa shape index (κ3) is 4.03. The number of benzene rings is 2. The first kappa shape index (κ1) is 14.5. The Kier molecular flexibility index (Phi) is 5.07. The van der Waals surface area contributed by atoms with Crippen molar-refractivity contribution in [1.29, 1.82) is 0 Å². The molecule has 0 aliphatic heterocycles. The second-order valence-corrected chi connectivity index (χ2v) is 5.85. The van der Waals surface area contributed by atoms with Gasteiger partial charge in [-0.05, 0) is 17.7 Å². The number of carbonyl (C=O) groups excluding carboxylic acids is 1. The lowest BCUT2D eigenvalue weighted by atomic mass is 10.1. The number of hydrogen-bond donors (Lipinski definition) is 0. The highest BCUT2D eigenvalue weighted by atomic mass is 32.2. The molecule has 0 aromatic heterocycles. The molecule has 0 spiro atoms. The van der Waals surface area contributed by atoms with Crippen molar-refractivity contribution in [3.8, 4) is 5.75 Å². The maximum atomic E-state index is 12.0. The van der Waals surface area contributed by atoms with Crippen molar-refractivity contribution in [1.82, 2.24) is 0 Å². The summed E-state index contributed by atoms with van der Waals surface area (Å²) < 4.78 is 16.9. The fourth-order valence-corrected chi connectivity index (χ4v) is 2.35. The molecule has 2 aromatic carbocycles. The van der Waals surface area contributed by atoms with Gasteiger partial charge in [0.25, 0.3) is 0 Å². The Labute approximate surface area is 121 Å². The molecule has 0 heterocycles. The van der Waals surface area contributed by atoms with Crippen LogP contribution in [0.4, 0.5) is 0 Å². The van der Waals surface area contributed by atoms with Crippen LogP contribution in [0.3, 0.4) is 0 Å². The topological polar surface area (TPSA) is 43.4 Å². The third-order valence-electron chi connectivity index (χ3n) is 2.76. The zero-order chi connectivity index (χ0) is 14.4. The molecule has 0 aliphatic carbocycles. The van der Waals surface area contributed by atoms with Crippen LogP contribution in [0.15, 0.2) is 54.6 Å². The van der Waals surface area contributed by atoms with Gasteiger partial charge in [0.15, 0.2) is 5.78 Å². The minimum atomic E-state index is -1.15. The van der Waals surface area contributed by atoms with Crippen molar-refractivity contribution in [2.75, 3.05) is 12.0 Å². The molecule has 0 radical (unpaired) electrons. The molecule has 0 amide bonds. The number of carbonyl (C=O) groups is 1. The van der Waals surface area contributed by atoms with Crippen molar-refractivity contribution in [3.05, 3.63) is 65.7 Å². The van der Waals surface area contributed by atoms with E-state index < -0.39 is 10.8 Å². The van der Waals surface area contributed by atoms with E-state index in [0.29, 0.717) is 17.9 Å². The molecule has 1 unspecified atom stereocenters. The Hall–Kier alpha value is -1.94. The van der Waals surface area contributed by atoms with Gasteiger partial charge in [0.1, 0.15) is 12.4 Å². The molecule has 0 aliphatic rings. The molecule has 104 valence electrons. The number of para-hydroxylation sites is 1. The lowest BCUT2D eigenvalue weighted by Crippen LogP contribution is -2.11. The summed E-state index contributed by atoms with van der Waals surface area (Å²) in [6.45, 7) is 0.403. The number of ketones is 1. The monoisotopic (exact) mass is 288 g/mol. The maximum absolute atomic E-state index is 12.0. The molecule has 2 rings (SSSR count). The van der Waals surface area contributed by atoms with Gasteiger partial charge in [-0.1, -0.05) is 42.5 Å². The minimum absolute atomic E-state index is 0.0196. The van der Waals surface area contributed by atoms with Crippen LogP contribution in [0.2, 0.25) is 0 Å².